The molecule has 3 atom stereocenters. The van der Waals surface area contributed by atoms with Gasteiger partial charge in [0, 0.05) is 6.04 Å². The van der Waals surface area contributed by atoms with Crippen LogP contribution in [0.2, 0.25) is 0 Å². The number of fused-ring (bicyclic) bond motifs is 1. The second-order valence-electron chi connectivity index (χ2n) is 6.11. The molecule has 0 spiro atoms. The first-order chi connectivity index (χ1) is 9.54. The maximum Gasteiger partial charge on any atom is 0.416 e. The number of benzene rings is 1. The molecule has 1 saturated heterocycles. The van der Waals surface area contributed by atoms with E-state index in [2.05, 4.69) is 5.32 Å². The number of rotatable bonds is 3. The molecule has 0 radical (unpaired) electrons. The summed E-state index contributed by atoms with van der Waals surface area (Å²) >= 11 is 0. The molecule has 110 valence electrons. The standard InChI is InChI=1S/C16H20F3N/c17-16(18,19)13-5-1-3-11(9-13)7-8-15-14-6-2-4-12(14)10-20-15/h1,3,5,9,12,14-15,20H,2,4,6-8,10H2. The van der Waals surface area contributed by atoms with Crippen LogP contribution in [0.15, 0.2) is 24.3 Å². The van der Waals surface area contributed by atoms with Crippen LogP contribution < -0.4 is 5.32 Å². The van der Waals surface area contributed by atoms with Gasteiger partial charge in [-0.3, -0.25) is 0 Å². The Bertz CT molecular complexity index is 469. The van der Waals surface area contributed by atoms with Gasteiger partial charge in [0.1, 0.15) is 0 Å². The van der Waals surface area contributed by atoms with E-state index in [0.29, 0.717) is 6.04 Å². The fourth-order valence-electron chi connectivity index (χ4n) is 3.84. The fourth-order valence-corrected chi connectivity index (χ4v) is 3.84. The van der Waals surface area contributed by atoms with Crippen molar-refractivity contribution in [2.75, 3.05) is 6.54 Å². The Morgan fingerprint density at radius 2 is 2.05 bits per heavy atom. The van der Waals surface area contributed by atoms with E-state index in [1.54, 1.807) is 6.07 Å². The normalized spacial score (nSPS) is 29.6. The number of hydrogen-bond donors (Lipinski definition) is 1. The van der Waals surface area contributed by atoms with Crippen molar-refractivity contribution in [3.8, 4) is 0 Å². The Hall–Kier alpha value is -1.03. The number of aryl methyl sites for hydroxylation is 1. The van der Waals surface area contributed by atoms with Crippen LogP contribution in [-0.2, 0) is 12.6 Å². The smallest absolute Gasteiger partial charge is 0.313 e. The van der Waals surface area contributed by atoms with Crippen LogP contribution in [0, 0.1) is 11.8 Å². The number of halogens is 3. The van der Waals surface area contributed by atoms with Crippen molar-refractivity contribution in [3.63, 3.8) is 0 Å². The van der Waals surface area contributed by atoms with Crippen molar-refractivity contribution in [1.82, 2.24) is 5.32 Å². The first-order valence-electron chi connectivity index (χ1n) is 7.43. The molecule has 1 N–H and O–H groups in total. The summed E-state index contributed by atoms with van der Waals surface area (Å²) in [6.45, 7) is 1.10. The molecule has 0 amide bonds. The monoisotopic (exact) mass is 283 g/mol. The third-order valence-electron chi connectivity index (χ3n) is 4.88. The first kappa shape index (κ1) is 13.9. The van der Waals surface area contributed by atoms with E-state index >= 15 is 0 Å². The zero-order valence-electron chi connectivity index (χ0n) is 11.4. The molecule has 20 heavy (non-hydrogen) atoms. The summed E-state index contributed by atoms with van der Waals surface area (Å²) in [4.78, 5) is 0. The van der Waals surface area contributed by atoms with Crippen LogP contribution in [0.1, 0.15) is 36.8 Å². The predicted molar refractivity (Wildman–Crippen MR) is 72.4 cm³/mol. The summed E-state index contributed by atoms with van der Waals surface area (Å²) in [6, 6.07) is 6.25. The van der Waals surface area contributed by atoms with Gasteiger partial charge in [-0.2, -0.15) is 13.2 Å². The van der Waals surface area contributed by atoms with Crippen LogP contribution in [0.25, 0.3) is 0 Å². The average molecular weight is 283 g/mol. The van der Waals surface area contributed by atoms with Crippen molar-refractivity contribution in [1.29, 1.82) is 0 Å². The highest BCUT2D eigenvalue weighted by Crippen LogP contribution is 2.39. The number of hydrogen-bond acceptors (Lipinski definition) is 1. The van der Waals surface area contributed by atoms with Gasteiger partial charge in [0.15, 0.2) is 0 Å². The summed E-state index contributed by atoms with van der Waals surface area (Å²) in [7, 11) is 0. The Balaban J connectivity index is 1.61. The van der Waals surface area contributed by atoms with Crippen LogP contribution in [0.5, 0.6) is 0 Å². The topological polar surface area (TPSA) is 12.0 Å². The van der Waals surface area contributed by atoms with Gasteiger partial charge >= 0.3 is 6.18 Å². The van der Waals surface area contributed by atoms with E-state index < -0.39 is 11.7 Å². The Morgan fingerprint density at radius 3 is 2.85 bits per heavy atom. The third kappa shape index (κ3) is 2.85. The molecule has 1 aliphatic carbocycles. The van der Waals surface area contributed by atoms with E-state index in [1.807, 2.05) is 0 Å². The van der Waals surface area contributed by atoms with Crippen LogP contribution in [-0.4, -0.2) is 12.6 Å². The molecular formula is C16H20F3N. The summed E-state index contributed by atoms with van der Waals surface area (Å²) in [5.41, 5.74) is 0.260. The van der Waals surface area contributed by atoms with E-state index in [1.165, 1.54) is 31.4 Å². The largest absolute Gasteiger partial charge is 0.416 e. The van der Waals surface area contributed by atoms with Gasteiger partial charge in [-0.1, -0.05) is 24.6 Å². The van der Waals surface area contributed by atoms with E-state index in [-0.39, 0.29) is 0 Å². The SMILES string of the molecule is FC(F)(F)c1cccc(CCC2NCC3CCCC32)c1. The first-order valence-corrected chi connectivity index (χ1v) is 7.43. The highest BCUT2D eigenvalue weighted by atomic mass is 19.4. The highest BCUT2D eigenvalue weighted by Gasteiger charge is 2.38. The molecule has 1 aromatic rings. The molecule has 4 heteroatoms. The molecule has 2 fully saturated rings. The molecule has 1 aliphatic heterocycles. The van der Waals surface area contributed by atoms with Gasteiger partial charge in [-0.25, -0.2) is 0 Å². The lowest BCUT2D eigenvalue weighted by atomic mass is 9.90. The maximum atomic E-state index is 12.7. The molecule has 0 bridgehead atoms. The molecule has 1 heterocycles. The number of nitrogens with one attached hydrogen (secondary N) is 1. The summed E-state index contributed by atoms with van der Waals surface area (Å²) in [5, 5.41) is 3.55. The van der Waals surface area contributed by atoms with E-state index in [4.69, 9.17) is 0 Å². The van der Waals surface area contributed by atoms with Crippen LogP contribution in [0.3, 0.4) is 0 Å². The van der Waals surface area contributed by atoms with Crippen molar-refractivity contribution in [3.05, 3.63) is 35.4 Å². The minimum Gasteiger partial charge on any atom is -0.313 e. The molecule has 2 aliphatic rings. The minimum absolute atomic E-state index is 0.497. The predicted octanol–water partition coefficient (Wildman–Crippen LogP) is 4.03. The van der Waals surface area contributed by atoms with Crippen molar-refractivity contribution >= 4 is 0 Å². The van der Waals surface area contributed by atoms with E-state index in [0.717, 1.165) is 42.9 Å². The average Bonchev–Trinajstić information content (AvgIpc) is 2.99. The molecule has 1 nitrogen and oxygen atoms in total. The lowest BCUT2D eigenvalue weighted by molar-refractivity contribution is -0.137. The highest BCUT2D eigenvalue weighted by molar-refractivity contribution is 5.25. The minimum atomic E-state index is -4.24. The van der Waals surface area contributed by atoms with Gasteiger partial charge < -0.3 is 5.32 Å². The second kappa shape index (κ2) is 5.40. The van der Waals surface area contributed by atoms with Gasteiger partial charge in [0.25, 0.3) is 0 Å². The lowest BCUT2D eigenvalue weighted by Gasteiger charge is -2.18. The van der Waals surface area contributed by atoms with Gasteiger partial charge in [0.05, 0.1) is 5.56 Å². The zero-order valence-corrected chi connectivity index (χ0v) is 11.4. The quantitative estimate of drug-likeness (QED) is 0.883. The maximum absolute atomic E-state index is 12.7. The van der Waals surface area contributed by atoms with Gasteiger partial charge in [0.2, 0.25) is 0 Å². The summed E-state index contributed by atoms with van der Waals surface area (Å²) < 4.78 is 38.0. The fraction of sp³-hybridized carbons (Fsp3) is 0.625. The summed E-state index contributed by atoms with van der Waals surface area (Å²) in [6.07, 6.45) is 1.35. The molecule has 1 aromatic carbocycles. The third-order valence-corrected chi connectivity index (χ3v) is 4.88. The molecular weight excluding hydrogens is 263 g/mol. The zero-order chi connectivity index (χ0) is 14.2. The van der Waals surface area contributed by atoms with Crippen LogP contribution >= 0.6 is 0 Å². The Morgan fingerprint density at radius 1 is 1.20 bits per heavy atom. The number of alkyl halides is 3. The summed E-state index contributed by atoms with van der Waals surface area (Å²) in [5.74, 6) is 1.56. The molecule has 3 unspecified atom stereocenters. The second-order valence-corrected chi connectivity index (χ2v) is 6.11. The van der Waals surface area contributed by atoms with E-state index in [9.17, 15) is 13.2 Å². The molecule has 0 aromatic heterocycles. The molecule has 3 rings (SSSR count). The Labute approximate surface area is 117 Å². The van der Waals surface area contributed by atoms with Crippen molar-refractivity contribution in [2.24, 2.45) is 11.8 Å². The van der Waals surface area contributed by atoms with Crippen LogP contribution in [0.4, 0.5) is 13.2 Å². The van der Waals surface area contributed by atoms with Crippen molar-refractivity contribution < 1.29 is 13.2 Å². The van der Waals surface area contributed by atoms with Gasteiger partial charge in [-0.05, 0) is 55.7 Å². The lowest BCUT2D eigenvalue weighted by Crippen LogP contribution is -2.27. The van der Waals surface area contributed by atoms with Crippen molar-refractivity contribution in [2.45, 2.75) is 44.3 Å². The van der Waals surface area contributed by atoms with Gasteiger partial charge in [-0.15, -0.1) is 0 Å². The Kier molecular flexibility index (Phi) is 3.76. The molecule has 1 saturated carbocycles.